The molecule has 17 heavy (non-hydrogen) atoms. The van der Waals surface area contributed by atoms with Crippen LogP contribution in [0, 0.1) is 13.8 Å². The van der Waals surface area contributed by atoms with Gasteiger partial charge in [0, 0.05) is 16.6 Å². The number of nitrogens with one attached hydrogen (secondary N) is 1. The Morgan fingerprint density at radius 3 is 2.76 bits per heavy atom. The molecular formula is C12H13N3OS. The molecule has 0 atom stereocenters. The zero-order valence-electron chi connectivity index (χ0n) is 9.65. The van der Waals surface area contributed by atoms with Gasteiger partial charge >= 0.3 is 0 Å². The van der Waals surface area contributed by atoms with Crippen molar-refractivity contribution in [1.29, 1.82) is 0 Å². The molecule has 2 rings (SSSR count). The lowest BCUT2D eigenvalue weighted by Gasteiger charge is -2.04. The van der Waals surface area contributed by atoms with E-state index in [2.05, 4.69) is 10.3 Å². The molecule has 0 fully saturated rings. The third-order valence-electron chi connectivity index (χ3n) is 2.38. The van der Waals surface area contributed by atoms with Gasteiger partial charge in [0.1, 0.15) is 0 Å². The fourth-order valence-corrected chi connectivity index (χ4v) is 2.05. The van der Waals surface area contributed by atoms with Gasteiger partial charge in [0.25, 0.3) is 5.91 Å². The van der Waals surface area contributed by atoms with Crippen LogP contribution < -0.4 is 11.1 Å². The molecule has 2 aromatic rings. The van der Waals surface area contributed by atoms with E-state index in [1.807, 2.05) is 25.3 Å². The molecule has 0 spiro atoms. The second-order valence-corrected chi connectivity index (χ2v) is 4.68. The van der Waals surface area contributed by atoms with Gasteiger partial charge in [-0.2, -0.15) is 0 Å². The fourth-order valence-electron chi connectivity index (χ4n) is 1.36. The Labute approximate surface area is 103 Å². The molecule has 4 nitrogen and oxygen atoms in total. The molecule has 0 aliphatic rings. The highest BCUT2D eigenvalue weighted by Crippen LogP contribution is 2.17. The van der Waals surface area contributed by atoms with Gasteiger partial charge < -0.3 is 5.73 Å². The number of nitrogens with zero attached hydrogens (tertiary/aromatic N) is 1. The van der Waals surface area contributed by atoms with Crippen molar-refractivity contribution >= 4 is 28.1 Å². The monoisotopic (exact) mass is 247 g/mol. The second kappa shape index (κ2) is 4.55. The van der Waals surface area contributed by atoms with Crippen LogP contribution in [0.5, 0.6) is 0 Å². The Bertz CT molecular complexity index is 563. The van der Waals surface area contributed by atoms with Crippen molar-refractivity contribution in [1.82, 2.24) is 4.98 Å². The minimum absolute atomic E-state index is 0.189. The highest BCUT2D eigenvalue weighted by molar-refractivity contribution is 7.13. The summed E-state index contributed by atoms with van der Waals surface area (Å²) in [6.45, 7) is 3.79. The van der Waals surface area contributed by atoms with Gasteiger partial charge in [-0.25, -0.2) is 4.98 Å². The van der Waals surface area contributed by atoms with Crippen LogP contribution >= 0.6 is 11.3 Å². The molecule has 0 bridgehead atoms. The molecule has 0 saturated carbocycles. The van der Waals surface area contributed by atoms with Crippen molar-refractivity contribution in [2.24, 2.45) is 0 Å². The van der Waals surface area contributed by atoms with E-state index >= 15 is 0 Å². The Kier molecular flexibility index (Phi) is 3.10. The molecule has 3 N–H and O–H groups in total. The molecule has 0 aliphatic heterocycles. The van der Waals surface area contributed by atoms with Crippen LogP contribution in [0.4, 0.5) is 10.8 Å². The van der Waals surface area contributed by atoms with Crippen molar-refractivity contribution < 1.29 is 4.79 Å². The highest BCUT2D eigenvalue weighted by atomic mass is 32.1. The summed E-state index contributed by atoms with van der Waals surface area (Å²) in [6.07, 6.45) is 0. The Balaban J connectivity index is 2.17. The number of aromatic nitrogens is 1. The number of carbonyl (C=O) groups is 1. The molecule has 0 unspecified atom stereocenters. The van der Waals surface area contributed by atoms with E-state index < -0.39 is 0 Å². The largest absolute Gasteiger partial charge is 0.398 e. The van der Waals surface area contributed by atoms with Crippen LogP contribution in [-0.2, 0) is 0 Å². The first-order valence-corrected chi connectivity index (χ1v) is 6.04. The molecule has 0 radical (unpaired) electrons. The lowest BCUT2D eigenvalue weighted by molar-refractivity contribution is 0.102. The number of anilines is 2. The van der Waals surface area contributed by atoms with Gasteiger partial charge in [-0.05, 0) is 31.5 Å². The van der Waals surface area contributed by atoms with Crippen molar-refractivity contribution in [3.8, 4) is 0 Å². The quantitative estimate of drug-likeness (QED) is 0.801. The summed E-state index contributed by atoms with van der Waals surface area (Å²) in [6, 6.07) is 5.25. The maximum Gasteiger partial charge on any atom is 0.257 e. The maximum atomic E-state index is 11.9. The van der Waals surface area contributed by atoms with Crippen LogP contribution in [0.15, 0.2) is 23.6 Å². The number of thiazole rings is 1. The standard InChI is InChI=1S/C12H13N3OS/c1-7-3-4-9(5-10(7)13)11(16)15-12-14-8(2)6-17-12/h3-6H,13H2,1-2H3,(H,14,15,16). The molecule has 5 heteroatoms. The first kappa shape index (κ1) is 11.6. The van der Waals surface area contributed by atoms with Gasteiger partial charge in [0.15, 0.2) is 5.13 Å². The maximum absolute atomic E-state index is 11.9. The smallest absolute Gasteiger partial charge is 0.257 e. The molecule has 1 aromatic heterocycles. The molecule has 0 saturated heterocycles. The zero-order chi connectivity index (χ0) is 12.4. The summed E-state index contributed by atoms with van der Waals surface area (Å²) >= 11 is 1.41. The van der Waals surface area contributed by atoms with E-state index in [4.69, 9.17) is 5.73 Å². The first-order chi connectivity index (χ1) is 8.06. The normalized spacial score (nSPS) is 10.2. The van der Waals surface area contributed by atoms with E-state index in [-0.39, 0.29) is 5.91 Å². The summed E-state index contributed by atoms with van der Waals surface area (Å²) in [5, 5.41) is 5.23. The first-order valence-electron chi connectivity index (χ1n) is 5.16. The molecular weight excluding hydrogens is 234 g/mol. The van der Waals surface area contributed by atoms with Gasteiger partial charge in [-0.15, -0.1) is 11.3 Å². The van der Waals surface area contributed by atoms with Gasteiger partial charge in [-0.1, -0.05) is 6.07 Å². The third kappa shape index (κ3) is 2.62. The Morgan fingerprint density at radius 1 is 1.41 bits per heavy atom. The SMILES string of the molecule is Cc1csc(NC(=O)c2ccc(C)c(N)c2)n1. The summed E-state index contributed by atoms with van der Waals surface area (Å²) in [7, 11) is 0. The number of carbonyl (C=O) groups excluding carboxylic acids is 1. The Hall–Kier alpha value is -1.88. The van der Waals surface area contributed by atoms with Crippen molar-refractivity contribution in [2.45, 2.75) is 13.8 Å². The number of benzene rings is 1. The number of amides is 1. The number of rotatable bonds is 2. The fraction of sp³-hybridized carbons (Fsp3) is 0.167. The molecule has 0 aliphatic carbocycles. The minimum Gasteiger partial charge on any atom is -0.398 e. The molecule has 1 aromatic carbocycles. The molecule has 1 heterocycles. The van der Waals surface area contributed by atoms with Gasteiger partial charge in [-0.3, -0.25) is 10.1 Å². The van der Waals surface area contributed by atoms with Crippen molar-refractivity contribution in [2.75, 3.05) is 11.1 Å². The average Bonchev–Trinajstić information content (AvgIpc) is 2.68. The van der Waals surface area contributed by atoms with E-state index in [9.17, 15) is 4.79 Å². The third-order valence-corrected chi connectivity index (χ3v) is 3.26. The predicted octanol–water partition coefficient (Wildman–Crippen LogP) is 2.59. The van der Waals surface area contributed by atoms with Crippen LogP contribution in [0.25, 0.3) is 0 Å². The second-order valence-electron chi connectivity index (χ2n) is 3.82. The van der Waals surface area contributed by atoms with Crippen LogP contribution in [0.2, 0.25) is 0 Å². The number of nitrogen functional groups attached to an aromatic ring is 1. The summed E-state index contributed by atoms with van der Waals surface area (Å²) < 4.78 is 0. The minimum atomic E-state index is -0.189. The van der Waals surface area contributed by atoms with Gasteiger partial charge in [0.2, 0.25) is 0 Å². The zero-order valence-corrected chi connectivity index (χ0v) is 10.5. The van der Waals surface area contributed by atoms with Crippen LogP contribution in [0.1, 0.15) is 21.6 Å². The molecule has 1 amide bonds. The summed E-state index contributed by atoms with van der Waals surface area (Å²) in [5.74, 6) is -0.189. The van der Waals surface area contributed by atoms with Crippen LogP contribution in [-0.4, -0.2) is 10.9 Å². The average molecular weight is 247 g/mol. The number of hydrogen-bond donors (Lipinski definition) is 2. The van der Waals surface area contributed by atoms with Crippen molar-refractivity contribution in [3.05, 3.63) is 40.4 Å². The highest BCUT2D eigenvalue weighted by Gasteiger charge is 2.09. The van der Waals surface area contributed by atoms with E-state index in [0.717, 1.165) is 11.3 Å². The van der Waals surface area contributed by atoms with E-state index in [1.165, 1.54) is 11.3 Å². The predicted molar refractivity (Wildman–Crippen MR) is 70.4 cm³/mol. The summed E-state index contributed by atoms with van der Waals surface area (Å²) in [4.78, 5) is 16.1. The lowest BCUT2D eigenvalue weighted by atomic mass is 10.1. The Morgan fingerprint density at radius 2 is 2.18 bits per heavy atom. The number of hydrogen-bond acceptors (Lipinski definition) is 4. The lowest BCUT2D eigenvalue weighted by Crippen LogP contribution is -2.12. The van der Waals surface area contributed by atoms with Gasteiger partial charge in [0.05, 0.1) is 5.69 Å². The molecule has 88 valence electrons. The number of nitrogens with two attached hydrogens (primary N) is 1. The van der Waals surface area contributed by atoms with E-state index in [1.54, 1.807) is 12.1 Å². The number of aryl methyl sites for hydroxylation is 2. The van der Waals surface area contributed by atoms with Crippen LogP contribution in [0.3, 0.4) is 0 Å². The van der Waals surface area contributed by atoms with Crippen molar-refractivity contribution in [3.63, 3.8) is 0 Å². The topological polar surface area (TPSA) is 68.0 Å². The summed E-state index contributed by atoms with van der Waals surface area (Å²) in [5.41, 5.74) is 8.79. The van der Waals surface area contributed by atoms with E-state index in [0.29, 0.717) is 16.4 Å².